The van der Waals surface area contributed by atoms with Gasteiger partial charge in [-0.25, -0.2) is 0 Å². The quantitative estimate of drug-likeness (QED) is 0.168. The Bertz CT molecular complexity index is 3280. The molecule has 4 aliphatic heterocycles. The molecule has 14 rings (SSSR count). The van der Waals surface area contributed by atoms with Crippen LogP contribution in [0.4, 0.5) is 0 Å². The van der Waals surface area contributed by atoms with Crippen molar-refractivity contribution >= 4 is 68.0 Å². The van der Waals surface area contributed by atoms with E-state index in [1.165, 1.54) is 11.1 Å². The summed E-state index contributed by atoms with van der Waals surface area (Å²) >= 11 is 0. The van der Waals surface area contributed by atoms with Gasteiger partial charge in [0.1, 0.15) is 46.0 Å². The van der Waals surface area contributed by atoms with Gasteiger partial charge >= 0.3 is 0 Å². The first-order chi connectivity index (χ1) is 30.2. The van der Waals surface area contributed by atoms with E-state index < -0.39 is 0 Å². The standard InChI is InChI=1S/C54H31B2NO4/c1-4-12-32(13-5-1)34-22-24-45-39(26-34)55-41-28-37-38-29-42-52(61-50-21-11-19-48-54(50)56(42)40-27-35(23-25-46(40)59-48)33-14-6-2-7-15-33)31-44(38)57(36-16-8-3-9-17-36)43(37)30-51(41)60-49-20-10-18-47(58-45)53(49)55/h1-31H. The van der Waals surface area contributed by atoms with Gasteiger partial charge in [0, 0.05) is 39.5 Å². The van der Waals surface area contributed by atoms with Gasteiger partial charge in [-0.05, 0) is 92.6 Å². The molecule has 0 radical (unpaired) electrons. The molecular formula is C54H31B2NO4. The summed E-state index contributed by atoms with van der Waals surface area (Å²) in [4.78, 5) is 0. The van der Waals surface area contributed by atoms with Gasteiger partial charge in [0.2, 0.25) is 0 Å². The van der Waals surface area contributed by atoms with Crippen molar-refractivity contribution in [1.29, 1.82) is 0 Å². The lowest BCUT2D eigenvalue weighted by atomic mass is 9.34. The van der Waals surface area contributed by atoms with Crippen LogP contribution in [-0.4, -0.2) is 18.0 Å². The Morgan fingerprint density at radius 1 is 0.295 bits per heavy atom. The first kappa shape index (κ1) is 33.0. The van der Waals surface area contributed by atoms with Crippen LogP contribution in [0.2, 0.25) is 0 Å². The molecule has 0 fully saturated rings. The molecule has 61 heavy (non-hydrogen) atoms. The van der Waals surface area contributed by atoms with Gasteiger partial charge in [0.25, 0.3) is 13.4 Å². The zero-order chi connectivity index (χ0) is 39.8. The Morgan fingerprint density at radius 2 is 0.689 bits per heavy atom. The van der Waals surface area contributed by atoms with E-state index in [-0.39, 0.29) is 13.4 Å². The number of hydrogen-bond donors (Lipinski definition) is 0. The molecule has 5 heterocycles. The molecular weight excluding hydrogens is 748 g/mol. The summed E-state index contributed by atoms with van der Waals surface area (Å²) in [7, 11) is 0. The molecule has 7 heteroatoms. The fourth-order valence-corrected chi connectivity index (χ4v) is 10.3. The largest absolute Gasteiger partial charge is 0.458 e. The molecule has 4 aliphatic rings. The van der Waals surface area contributed by atoms with Crippen molar-refractivity contribution < 1.29 is 18.9 Å². The van der Waals surface area contributed by atoms with Crippen LogP contribution in [0.15, 0.2) is 188 Å². The van der Waals surface area contributed by atoms with Crippen molar-refractivity contribution in [2.24, 2.45) is 0 Å². The second kappa shape index (κ2) is 12.3. The summed E-state index contributed by atoms with van der Waals surface area (Å²) in [5, 5.41) is 2.28. The molecule has 5 nitrogen and oxygen atoms in total. The maximum Gasteiger partial charge on any atom is 0.260 e. The lowest BCUT2D eigenvalue weighted by molar-refractivity contribution is 0.464. The summed E-state index contributed by atoms with van der Waals surface area (Å²) in [6, 6.07) is 66.4. The Hall–Kier alpha value is -7.89. The third-order valence-corrected chi connectivity index (χ3v) is 13.0. The first-order valence-corrected chi connectivity index (χ1v) is 20.8. The van der Waals surface area contributed by atoms with E-state index in [2.05, 4.69) is 180 Å². The van der Waals surface area contributed by atoms with Crippen molar-refractivity contribution in [1.82, 2.24) is 4.57 Å². The topological polar surface area (TPSA) is 41.9 Å². The number of fused-ring (bicyclic) bond motifs is 11. The maximum atomic E-state index is 6.90. The SMILES string of the molecule is c1ccc(-c2ccc3c(c2)B2c4cc5c6cc7c(cc6n(-c6ccccc6)c5cc4Oc4cccc(c42)O3)Oc2cccc3c2B7c2cc(-c4ccccc4)ccc2O3)cc1. The molecule has 10 aromatic rings. The third kappa shape index (κ3) is 4.74. The molecule has 0 atom stereocenters. The third-order valence-electron chi connectivity index (χ3n) is 13.0. The van der Waals surface area contributed by atoms with Crippen molar-refractivity contribution in [3.63, 3.8) is 0 Å². The highest BCUT2D eigenvalue weighted by molar-refractivity contribution is 6.99. The Kier molecular flexibility index (Phi) is 6.66. The molecule has 0 bridgehead atoms. The predicted octanol–water partition coefficient (Wildman–Crippen LogP) is 9.57. The summed E-state index contributed by atoms with van der Waals surface area (Å²) in [6.07, 6.45) is 0. The lowest BCUT2D eigenvalue weighted by Crippen LogP contribution is -2.57. The molecule has 0 saturated heterocycles. The van der Waals surface area contributed by atoms with Gasteiger partial charge in [-0.15, -0.1) is 0 Å². The van der Waals surface area contributed by atoms with Crippen LogP contribution in [0.3, 0.4) is 0 Å². The van der Waals surface area contributed by atoms with Crippen molar-refractivity contribution in [3.05, 3.63) is 188 Å². The van der Waals surface area contributed by atoms with Crippen LogP contribution >= 0.6 is 0 Å². The van der Waals surface area contributed by atoms with Gasteiger partial charge in [0.15, 0.2) is 0 Å². The minimum atomic E-state index is -0.101. The number of nitrogens with zero attached hydrogens (tertiary/aromatic N) is 1. The molecule has 9 aromatic carbocycles. The molecule has 1 aromatic heterocycles. The minimum absolute atomic E-state index is 0.101. The number of aromatic nitrogens is 1. The van der Waals surface area contributed by atoms with E-state index in [1.807, 2.05) is 12.1 Å². The predicted molar refractivity (Wildman–Crippen MR) is 247 cm³/mol. The minimum Gasteiger partial charge on any atom is -0.458 e. The van der Waals surface area contributed by atoms with Gasteiger partial charge in [-0.2, -0.15) is 0 Å². The Morgan fingerprint density at radius 3 is 1.13 bits per heavy atom. The molecule has 0 N–H and O–H groups in total. The van der Waals surface area contributed by atoms with Gasteiger partial charge in [0.05, 0.1) is 11.0 Å². The molecule has 0 unspecified atom stereocenters. The Balaban J connectivity index is 1.03. The highest BCUT2D eigenvalue weighted by Gasteiger charge is 2.43. The normalized spacial score (nSPS) is 13.4. The van der Waals surface area contributed by atoms with Gasteiger partial charge in [-0.1, -0.05) is 127 Å². The van der Waals surface area contributed by atoms with Crippen LogP contribution in [0, 0.1) is 0 Å². The van der Waals surface area contributed by atoms with Gasteiger partial charge in [-0.3, -0.25) is 0 Å². The van der Waals surface area contributed by atoms with E-state index in [0.717, 1.165) is 117 Å². The molecule has 0 aliphatic carbocycles. The summed E-state index contributed by atoms with van der Waals surface area (Å²) in [5.41, 5.74) is 14.4. The summed E-state index contributed by atoms with van der Waals surface area (Å²) < 4.78 is 29.4. The van der Waals surface area contributed by atoms with Crippen LogP contribution in [-0.2, 0) is 0 Å². The highest BCUT2D eigenvalue weighted by Crippen LogP contribution is 2.42. The number of hydrogen-bond acceptors (Lipinski definition) is 4. The maximum absolute atomic E-state index is 6.90. The van der Waals surface area contributed by atoms with Crippen LogP contribution in [0.5, 0.6) is 46.0 Å². The van der Waals surface area contributed by atoms with Crippen molar-refractivity contribution in [3.8, 4) is 73.9 Å². The molecule has 282 valence electrons. The zero-order valence-corrected chi connectivity index (χ0v) is 32.6. The summed E-state index contributed by atoms with van der Waals surface area (Å²) in [5.74, 6) is 6.69. The smallest absolute Gasteiger partial charge is 0.260 e. The molecule has 0 amide bonds. The highest BCUT2D eigenvalue weighted by atomic mass is 16.5. The number of rotatable bonds is 3. The van der Waals surface area contributed by atoms with Crippen LogP contribution < -0.4 is 51.7 Å². The van der Waals surface area contributed by atoms with Crippen LogP contribution in [0.25, 0.3) is 49.7 Å². The van der Waals surface area contributed by atoms with E-state index >= 15 is 0 Å². The first-order valence-electron chi connectivity index (χ1n) is 20.8. The zero-order valence-electron chi connectivity index (χ0n) is 32.6. The lowest BCUT2D eigenvalue weighted by Gasteiger charge is -2.33. The average molecular weight is 779 g/mol. The van der Waals surface area contributed by atoms with E-state index in [4.69, 9.17) is 18.9 Å². The van der Waals surface area contributed by atoms with Crippen LogP contribution in [0.1, 0.15) is 0 Å². The number of ether oxygens (including phenoxy) is 4. The number of para-hydroxylation sites is 1. The van der Waals surface area contributed by atoms with Crippen molar-refractivity contribution in [2.45, 2.75) is 0 Å². The fraction of sp³-hybridized carbons (Fsp3) is 0. The Labute approximate surface area is 352 Å². The molecule has 0 spiro atoms. The van der Waals surface area contributed by atoms with E-state index in [1.54, 1.807) is 0 Å². The van der Waals surface area contributed by atoms with Crippen molar-refractivity contribution in [2.75, 3.05) is 0 Å². The van der Waals surface area contributed by atoms with E-state index in [0.29, 0.717) is 0 Å². The van der Waals surface area contributed by atoms with E-state index in [9.17, 15) is 0 Å². The summed E-state index contributed by atoms with van der Waals surface area (Å²) in [6.45, 7) is -0.202. The monoisotopic (exact) mass is 779 g/mol. The second-order valence-electron chi connectivity index (χ2n) is 16.3. The van der Waals surface area contributed by atoms with Gasteiger partial charge < -0.3 is 23.5 Å². The fourth-order valence-electron chi connectivity index (χ4n) is 10.3. The average Bonchev–Trinajstić information content (AvgIpc) is 3.62. The molecule has 0 saturated carbocycles. The second-order valence-corrected chi connectivity index (χ2v) is 16.3. The number of benzene rings is 9.